The number of hydrogen-bond acceptors (Lipinski definition) is 4. The van der Waals surface area contributed by atoms with Gasteiger partial charge in [0.25, 0.3) is 5.69 Å². The van der Waals surface area contributed by atoms with Gasteiger partial charge in [-0.15, -0.1) is 0 Å². The molecule has 104 valence electrons. The number of benzene rings is 1. The summed E-state index contributed by atoms with van der Waals surface area (Å²) in [4.78, 5) is 10.6. The standard InChI is InChI=1S/C14H20N2O2S/c1-10-5-6-12(8-14(10)16(17)18)11(2)15-9-13-4-3-7-19-13/h5-6,8,11,13,15H,3-4,7,9H2,1-2H3. The zero-order valence-electron chi connectivity index (χ0n) is 11.4. The van der Waals surface area contributed by atoms with Gasteiger partial charge < -0.3 is 5.32 Å². The number of thioether (sulfide) groups is 1. The third-order valence-corrected chi connectivity index (χ3v) is 5.00. The summed E-state index contributed by atoms with van der Waals surface area (Å²) in [5.41, 5.74) is 1.91. The topological polar surface area (TPSA) is 55.2 Å². The molecule has 1 aliphatic rings. The number of hydrogen-bond donors (Lipinski definition) is 1. The minimum Gasteiger partial charge on any atom is -0.309 e. The molecule has 1 aliphatic heterocycles. The average molecular weight is 280 g/mol. The Morgan fingerprint density at radius 3 is 3.00 bits per heavy atom. The lowest BCUT2D eigenvalue weighted by atomic mass is 10.0. The van der Waals surface area contributed by atoms with Crippen LogP contribution in [0.1, 0.15) is 36.9 Å². The second-order valence-electron chi connectivity index (χ2n) is 5.07. The molecule has 1 saturated heterocycles. The zero-order valence-corrected chi connectivity index (χ0v) is 12.2. The summed E-state index contributed by atoms with van der Waals surface area (Å²) in [7, 11) is 0. The predicted molar refractivity (Wildman–Crippen MR) is 79.7 cm³/mol. The summed E-state index contributed by atoms with van der Waals surface area (Å²) in [6, 6.07) is 5.65. The fourth-order valence-corrected chi connectivity index (χ4v) is 3.54. The largest absolute Gasteiger partial charge is 0.309 e. The highest BCUT2D eigenvalue weighted by Crippen LogP contribution is 2.27. The Bertz CT molecular complexity index is 459. The molecular weight excluding hydrogens is 260 g/mol. The minimum absolute atomic E-state index is 0.153. The van der Waals surface area contributed by atoms with Gasteiger partial charge in [0.05, 0.1) is 4.92 Å². The molecule has 0 saturated carbocycles. The van der Waals surface area contributed by atoms with E-state index in [0.717, 1.165) is 12.1 Å². The molecular formula is C14H20N2O2S. The molecule has 0 aromatic heterocycles. The maximum Gasteiger partial charge on any atom is 0.272 e. The van der Waals surface area contributed by atoms with Gasteiger partial charge >= 0.3 is 0 Å². The van der Waals surface area contributed by atoms with Crippen molar-refractivity contribution in [1.82, 2.24) is 5.32 Å². The number of nitro groups is 1. The molecule has 1 aromatic rings. The number of nitrogens with one attached hydrogen (secondary N) is 1. The van der Waals surface area contributed by atoms with Gasteiger partial charge in [-0.3, -0.25) is 10.1 Å². The quantitative estimate of drug-likeness (QED) is 0.663. The molecule has 1 N–H and O–H groups in total. The van der Waals surface area contributed by atoms with E-state index in [0.29, 0.717) is 10.8 Å². The molecule has 5 heteroatoms. The fourth-order valence-electron chi connectivity index (χ4n) is 2.32. The van der Waals surface area contributed by atoms with Crippen molar-refractivity contribution in [3.63, 3.8) is 0 Å². The van der Waals surface area contributed by atoms with Gasteiger partial charge in [0.2, 0.25) is 0 Å². The third kappa shape index (κ3) is 3.70. The monoisotopic (exact) mass is 280 g/mol. The number of aryl methyl sites for hydroxylation is 1. The van der Waals surface area contributed by atoms with Crippen LogP contribution < -0.4 is 5.32 Å². The van der Waals surface area contributed by atoms with Crippen molar-refractivity contribution in [2.45, 2.75) is 38.0 Å². The highest BCUT2D eigenvalue weighted by molar-refractivity contribution is 8.00. The molecule has 0 radical (unpaired) electrons. The molecule has 0 aliphatic carbocycles. The van der Waals surface area contributed by atoms with Gasteiger partial charge in [-0.25, -0.2) is 0 Å². The Balaban J connectivity index is 1.99. The van der Waals surface area contributed by atoms with Crippen LogP contribution in [0.4, 0.5) is 5.69 Å². The van der Waals surface area contributed by atoms with E-state index in [2.05, 4.69) is 12.2 Å². The molecule has 2 rings (SSSR count). The lowest BCUT2D eigenvalue weighted by Crippen LogP contribution is -2.26. The predicted octanol–water partition coefficient (Wildman–Crippen LogP) is 3.45. The van der Waals surface area contributed by atoms with Crippen LogP contribution in [0.15, 0.2) is 18.2 Å². The van der Waals surface area contributed by atoms with E-state index >= 15 is 0 Å². The molecule has 1 aromatic carbocycles. The molecule has 1 heterocycles. The van der Waals surface area contributed by atoms with E-state index in [1.807, 2.05) is 23.9 Å². The van der Waals surface area contributed by atoms with Gasteiger partial charge in [0.1, 0.15) is 0 Å². The first-order valence-corrected chi connectivity index (χ1v) is 7.72. The van der Waals surface area contributed by atoms with Crippen molar-refractivity contribution in [2.75, 3.05) is 12.3 Å². The second-order valence-corrected chi connectivity index (χ2v) is 6.48. The van der Waals surface area contributed by atoms with Crippen molar-refractivity contribution in [1.29, 1.82) is 0 Å². The van der Waals surface area contributed by atoms with Crippen molar-refractivity contribution in [2.24, 2.45) is 0 Å². The fraction of sp³-hybridized carbons (Fsp3) is 0.571. The molecule has 0 bridgehead atoms. The molecule has 4 nitrogen and oxygen atoms in total. The van der Waals surface area contributed by atoms with Crippen LogP contribution in [0.5, 0.6) is 0 Å². The summed E-state index contributed by atoms with van der Waals surface area (Å²) < 4.78 is 0. The molecule has 0 amide bonds. The Kier molecular flexibility index (Phi) is 4.82. The van der Waals surface area contributed by atoms with Crippen LogP contribution in [0.2, 0.25) is 0 Å². The van der Waals surface area contributed by atoms with Crippen LogP contribution in [0.25, 0.3) is 0 Å². The Morgan fingerprint density at radius 2 is 2.37 bits per heavy atom. The first-order chi connectivity index (χ1) is 9.08. The van der Waals surface area contributed by atoms with Gasteiger partial charge in [0.15, 0.2) is 0 Å². The van der Waals surface area contributed by atoms with Crippen LogP contribution in [0.3, 0.4) is 0 Å². The smallest absolute Gasteiger partial charge is 0.272 e. The summed E-state index contributed by atoms with van der Waals surface area (Å²) in [6.45, 7) is 4.82. The maximum absolute atomic E-state index is 10.9. The summed E-state index contributed by atoms with van der Waals surface area (Å²) in [5.74, 6) is 1.26. The molecule has 1 fully saturated rings. The van der Waals surface area contributed by atoms with Gasteiger partial charge in [-0.1, -0.05) is 12.1 Å². The van der Waals surface area contributed by atoms with E-state index in [4.69, 9.17) is 0 Å². The lowest BCUT2D eigenvalue weighted by Gasteiger charge is -2.17. The first kappa shape index (κ1) is 14.3. The average Bonchev–Trinajstić information content (AvgIpc) is 2.89. The third-order valence-electron chi connectivity index (χ3n) is 3.61. The Hall–Kier alpha value is -1.07. The van der Waals surface area contributed by atoms with Crippen molar-refractivity contribution in [3.05, 3.63) is 39.4 Å². The summed E-state index contributed by atoms with van der Waals surface area (Å²) >= 11 is 2.02. The van der Waals surface area contributed by atoms with Crippen LogP contribution in [-0.4, -0.2) is 22.5 Å². The molecule has 0 spiro atoms. The second kappa shape index (κ2) is 6.39. The highest BCUT2D eigenvalue weighted by Gasteiger charge is 2.18. The molecule has 19 heavy (non-hydrogen) atoms. The molecule has 2 atom stereocenters. The van der Waals surface area contributed by atoms with E-state index in [1.54, 1.807) is 13.0 Å². The minimum atomic E-state index is -0.307. The van der Waals surface area contributed by atoms with Crippen LogP contribution in [0, 0.1) is 17.0 Å². The number of rotatable bonds is 5. The normalized spacial score (nSPS) is 20.4. The van der Waals surface area contributed by atoms with E-state index in [9.17, 15) is 10.1 Å². The highest BCUT2D eigenvalue weighted by atomic mass is 32.2. The van der Waals surface area contributed by atoms with Gasteiger partial charge in [-0.05, 0) is 38.0 Å². The van der Waals surface area contributed by atoms with Crippen molar-refractivity contribution < 1.29 is 4.92 Å². The van der Waals surface area contributed by atoms with E-state index < -0.39 is 0 Å². The van der Waals surface area contributed by atoms with Gasteiger partial charge in [0, 0.05) is 29.5 Å². The van der Waals surface area contributed by atoms with Crippen molar-refractivity contribution in [3.8, 4) is 0 Å². The van der Waals surface area contributed by atoms with E-state index in [-0.39, 0.29) is 16.7 Å². The molecule has 2 unspecified atom stereocenters. The van der Waals surface area contributed by atoms with E-state index in [1.165, 1.54) is 18.6 Å². The van der Waals surface area contributed by atoms with Crippen molar-refractivity contribution >= 4 is 17.4 Å². The van der Waals surface area contributed by atoms with Gasteiger partial charge in [-0.2, -0.15) is 11.8 Å². The number of nitrogens with zero attached hydrogens (tertiary/aromatic N) is 1. The summed E-state index contributed by atoms with van der Waals surface area (Å²) in [5, 5.41) is 15.1. The zero-order chi connectivity index (χ0) is 13.8. The Labute approximate surface area is 118 Å². The summed E-state index contributed by atoms with van der Waals surface area (Å²) in [6.07, 6.45) is 2.58. The lowest BCUT2D eigenvalue weighted by molar-refractivity contribution is -0.385. The SMILES string of the molecule is Cc1ccc(C(C)NCC2CCCS2)cc1[N+](=O)[O-]. The van der Waals surface area contributed by atoms with Crippen LogP contribution >= 0.6 is 11.8 Å². The number of nitro benzene ring substituents is 1. The first-order valence-electron chi connectivity index (χ1n) is 6.68. The Morgan fingerprint density at radius 1 is 1.58 bits per heavy atom. The maximum atomic E-state index is 10.9. The van der Waals surface area contributed by atoms with Crippen LogP contribution in [-0.2, 0) is 0 Å².